The topological polar surface area (TPSA) is 163 Å². The summed E-state index contributed by atoms with van der Waals surface area (Å²) in [5, 5.41) is 42.3. The van der Waals surface area contributed by atoms with E-state index in [1.165, 1.54) is 6.33 Å². The number of aromatic nitrogens is 4. The third-order valence-electron chi connectivity index (χ3n) is 3.38. The van der Waals surface area contributed by atoms with Crippen molar-refractivity contribution in [3.05, 3.63) is 12.0 Å². The Morgan fingerprint density at radius 2 is 2.14 bits per heavy atom. The molecule has 5 N–H and O–H groups in total. The van der Waals surface area contributed by atoms with Gasteiger partial charge in [-0.05, 0) is 0 Å². The summed E-state index contributed by atoms with van der Waals surface area (Å²) in [6, 6.07) is 1.86. The Labute approximate surface area is 118 Å². The lowest BCUT2D eigenvalue weighted by atomic mass is 10.1. The molecular formula is C11H12N6O4. The lowest BCUT2D eigenvalue weighted by Crippen LogP contribution is -2.33. The first-order valence-corrected chi connectivity index (χ1v) is 6.09. The smallest absolute Gasteiger partial charge is 0.181 e. The van der Waals surface area contributed by atoms with E-state index in [1.807, 2.05) is 6.07 Å². The fraction of sp³-hybridized carbons (Fsp3) is 0.455. The molecule has 110 valence electrons. The zero-order chi connectivity index (χ0) is 15.1. The number of nitrogen functional groups attached to an aromatic ring is 1. The van der Waals surface area contributed by atoms with E-state index in [-0.39, 0.29) is 22.5 Å². The molecule has 1 unspecified atom stereocenters. The molecule has 4 atom stereocenters. The van der Waals surface area contributed by atoms with Gasteiger partial charge in [0, 0.05) is 0 Å². The molecule has 0 bridgehead atoms. The van der Waals surface area contributed by atoms with Crippen LogP contribution in [0.1, 0.15) is 11.9 Å². The molecule has 1 aliphatic heterocycles. The van der Waals surface area contributed by atoms with E-state index >= 15 is 0 Å². The van der Waals surface area contributed by atoms with Crippen molar-refractivity contribution in [2.75, 3.05) is 12.3 Å². The number of ether oxygens (including phenoxy) is 1. The minimum Gasteiger partial charge on any atom is -0.394 e. The lowest BCUT2D eigenvalue weighted by Gasteiger charge is -2.15. The number of hydrogen-bond acceptors (Lipinski definition) is 9. The lowest BCUT2D eigenvalue weighted by molar-refractivity contribution is -0.0567. The Bertz CT molecular complexity index is 725. The van der Waals surface area contributed by atoms with Crippen molar-refractivity contribution in [2.45, 2.75) is 24.5 Å². The van der Waals surface area contributed by atoms with Crippen molar-refractivity contribution in [1.82, 2.24) is 19.7 Å². The van der Waals surface area contributed by atoms with Gasteiger partial charge < -0.3 is 25.8 Å². The molecule has 2 aromatic heterocycles. The fourth-order valence-corrected chi connectivity index (χ4v) is 2.33. The fourth-order valence-electron chi connectivity index (χ4n) is 2.33. The monoisotopic (exact) mass is 292 g/mol. The Morgan fingerprint density at radius 1 is 1.38 bits per heavy atom. The second kappa shape index (κ2) is 4.90. The van der Waals surface area contributed by atoms with Crippen LogP contribution in [0, 0.1) is 11.3 Å². The molecule has 21 heavy (non-hydrogen) atoms. The van der Waals surface area contributed by atoms with Gasteiger partial charge in [0.05, 0.1) is 12.0 Å². The minimum atomic E-state index is -1.33. The Balaban J connectivity index is 2.14. The van der Waals surface area contributed by atoms with Crippen molar-refractivity contribution in [3.8, 4) is 6.07 Å². The van der Waals surface area contributed by atoms with E-state index in [1.54, 1.807) is 0 Å². The van der Waals surface area contributed by atoms with Gasteiger partial charge in [-0.2, -0.15) is 10.4 Å². The van der Waals surface area contributed by atoms with Gasteiger partial charge in [0.2, 0.25) is 0 Å². The summed E-state index contributed by atoms with van der Waals surface area (Å²) in [5.41, 5.74) is 5.90. The molecule has 0 aliphatic carbocycles. The zero-order valence-corrected chi connectivity index (χ0v) is 10.7. The number of nitriles is 1. The van der Waals surface area contributed by atoms with Crippen LogP contribution in [-0.4, -0.2) is 60.0 Å². The second-order valence-electron chi connectivity index (χ2n) is 4.59. The van der Waals surface area contributed by atoms with Gasteiger partial charge in [-0.1, -0.05) is 0 Å². The molecule has 10 nitrogen and oxygen atoms in total. The third-order valence-corrected chi connectivity index (χ3v) is 3.38. The van der Waals surface area contributed by atoms with Crippen LogP contribution < -0.4 is 5.73 Å². The average Bonchev–Trinajstić information content (AvgIpc) is 2.99. The highest BCUT2D eigenvalue weighted by molar-refractivity contribution is 5.90. The summed E-state index contributed by atoms with van der Waals surface area (Å²) < 4.78 is 6.53. The van der Waals surface area contributed by atoms with E-state index in [0.29, 0.717) is 0 Å². The van der Waals surface area contributed by atoms with Gasteiger partial charge in [0.25, 0.3) is 0 Å². The van der Waals surface area contributed by atoms with Crippen LogP contribution >= 0.6 is 0 Å². The first-order valence-electron chi connectivity index (χ1n) is 6.09. The third kappa shape index (κ3) is 1.91. The molecule has 1 aliphatic rings. The number of nitrogens with zero attached hydrogens (tertiary/aromatic N) is 5. The van der Waals surface area contributed by atoms with Crippen molar-refractivity contribution in [3.63, 3.8) is 0 Å². The van der Waals surface area contributed by atoms with Gasteiger partial charge in [0.1, 0.15) is 36.5 Å². The zero-order valence-electron chi connectivity index (χ0n) is 10.7. The van der Waals surface area contributed by atoms with Crippen LogP contribution in [-0.2, 0) is 4.74 Å². The summed E-state index contributed by atoms with van der Waals surface area (Å²) in [5.74, 6) is 0.0783. The highest BCUT2D eigenvalue weighted by atomic mass is 16.6. The highest BCUT2D eigenvalue weighted by Gasteiger charge is 2.44. The molecule has 0 aromatic carbocycles. The average molecular weight is 292 g/mol. The normalized spacial score (nSPS) is 28.9. The Kier molecular flexibility index (Phi) is 3.19. The van der Waals surface area contributed by atoms with Gasteiger partial charge in [-0.3, -0.25) is 0 Å². The number of hydrogen-bond donors (Lipinski definition) is 4. The molecule has 0 radical (unpaired) electrons. The van der Waals surface area contributed by atoms with Crippen molar-refractivity contribution in [1.29, 1.82) is 5.26 Å². The SMILES string of the molecule is N#Cc1nn(C2O[C@H](CO)[C@@H](O)[C@H]2O)c2ncnc(N)c12. The van der Waals surface area contributed by atoms with Crippen LogP contribution in [0.25, 0.3) is 11.0 Å². The van der Waals surface area contributed by atoms with Crippen LogP contribution in [0.15, 0.2) is 6.33 Å². The number of aliphatic hydroxyl groups excluding tert-OH is 3. The van der Waals surface area contributed by atoms with E-state index in [4.69, 9.17) is 20.8 Å². The van der Waals surface area contributed by atoms with E-state index in [0.717, 1.165) is 4.68 Å². The molecule has 10 heteroatoms. The largest absolute Gasteiger partial charge is 0.394 e. The van der Waals surface area contributed by atoms with Crippen molar-refractivity contribution >= 4 is 16.9 Å². The second-order valence-corrected chi connectivity index (χ2v) is 4.59. The van der Waals surface area contributed by atoms with E-state index in [9.17, 15) is 10.2 Å². The maximum absolute atomic E-state index is 10.0. The molecule has 0 spiro atoms. The molecule has 1 fully saturated rings. The molecule has 3 rings (SSSR count). The highest BCUT2D eigenvalue weighted by Crippen LogP contribution is 2.32. The molecule has 2 aromatic rings. The molecular weight excluding hydrogens is 280 g/mol. The molecule has 1 saturated heterocycles. The number of nitrogens with two attached hydrogens (primary N) is 1. The summed E-state index contributed by atoms with van der Waals surface area (Å²) in [6.45, 7) is -0.462. The minimum absolute atomic E-state index is 0.0131. The maximum atomic E-state index is 10.0. The summed E-state index contributed by atoms with van der Waals surface area (Å²) in [7, 11) is 0. The predicted octanol–water partition coefficient (Wildman–Crippen LogP) is -2.11. The summed E-state index contributed by atoms with van der Waals surface area (Å²) in [4.78, 5) is 7.78. The standard InChI is InChI=1S/C11H12N6O4/c12-1-4-6-9(13)14-3-15-10(6)17(16-4)11-8(20)7(19)5(2-18)21-11/h3,5,7-8,11,18-20H,2H2,(H2,13,14,15)/t5-,7-,8-,11?/m1/s1. The van der Waals surface area contributed by atoms with E-state index < -0.39 is 31.1 Å². The number of rotatable bonds is 2. The van der Waals surface area contributed by atoms with Gasteiger partial charge in [0.15, 0.2) is 17.6 Å². The number of fused-ring (bicyclic) bond motifs is 1. The van der Waals surface area contributed by atoms with Crippen molar-refractivity contribution < 1.29 is 20.1 Å². The van der Waals surface area contributed by atoms with Crippen LogP contribution in [0.3, 0.4) is 0 Å². The summed E-state index contributed by atoms with van der Waals surface area (Å²) >= 11 is 0. The predicted molar refractivity (Wildman–Crippen MR) is 67.5 cm³/mol. The maximum Gasteiger partial charge on any atom is 0.181 e. The van der Waals surface area contributed by atoms with Gasteiger partial charge in [-0.25, -0.2) is 14.6 Å². The van der Waals surface area contributed by atoms with Crippen LogP contribution in [0.4, 0.5) is 5.82 Å². The Hall–Kier alpha value is -2.32. The van der Waals surface area contributed by atoms with Crippen molar-refractivity contribution in [2.24, 2.45) is 0 Å². The van der Waals surface area contributed by atoms with E-state index in [2.05, 4.69) is 15.1 Å². The molecule has 3 heterocycles. The quantitative estimate of drug-likeness (QED) is 0.485. The molecule has 0 saturated carbocycles. The van der Waals surface area contributed by atoms with Gasteiger partial charge >= 0.3 is 0 Å². The first-order chi connectivity index (χ1) is 10.1. The number of anilines is 1. The molecule has 0 amide bonds. The summed E-state index contributed by atoms with van der Waals surface area (Å²) in [6.07, 6.45) is -3.44. The first kappa shape index (κ1) is 13.7. The van der Waals surface area contributed by atoms with Crippen LogP contribution in [0.5, 0.6) is 0 Å². The van der Waals surface area contributed by atoms with Crippen LogP contribution in [0.2, 0.25) is 0 Å². The van der Waals surface area contributed by atoms with Gasteiger partial charge in [-0.15, -0.1) is 0 Å². The number of aliphatic hydroxyl groups is 3. The Morgan fingerprint density at radius 3 is 2.76 bits per heavy atom.